The maximum absolute atomic E-state index is 11.7. The molecule has 0 aromatic carbocycles. The third-order valence-corrected chi connectivity index (χ3v) is 7.23. The van der Waals surface area contributed by atoms with Crippen LogP contribution in [0.2, 0.25) is 0 Å². The highest BCUT2D eigenvalue weighted by Crippen LogP contribution is 2.67. The topological polar surface area (TPSA) is 227 Å². The lowest BCUT2D eigenvalue weighted by molar-refractivity contribution is -0.0167. The Hall–Kier alpha value is -0.360. The molecule has 6 atom stereocenters. The summed E-state index contributed by atoms with van der Waals surface area (Å²) in [4.78, 5) is 30.5. The van der Waals surface area contributed by atoms with Gasteiger partial charge in [0.25, 0.3) is 0 Å². The number of nitrogens with zero attached hydrogens (tertiary/aromatic N) is 3. The number of rotatable bonds is 12. The van der Waals surface area contributed by atoms with Gasteiger partial charge in [0.2, 0.25) is 0 Å². The van der Waals surface area contributed by atoms with E-state index in [-0.39, 0.29) is 25.5 Å². The summed E-state index contributed by atoms with van der Waals surface area (Å²) in [5.74, 6) is 0. The fraction of sp³-hybridized carbons (Fsp3) is 1.00. The monoisotopic (exact) mass is 455 g/mol. The molecule has 4 unspecified atom stereocenters. The number of phosphoric ester groups is 2. The van der Waals surface area contributed by atoms with Crippen molar-refractivity contribution in [2.75, 3.05) is 19.8 Å². The molecule has 18 heteroatoms. The van der Waals surface area contributed by atoms with Crippen LogP contribution in [0, 0.1) is 0 Å². The first kappa shape index (κ1) is 24.7. The minimum Gasteiger partial charge on any atom is -0.390 e. The van der Waals surface area contributed by atoms with E-state index in [0.29, 0.717) is 0 Å². The van der Waals surface area contributed by atoms with Gasteiger partial charge in [0.1, 0.15) is 6.10 Å². The average Bonchev–Trinajstić information content (AvgIpc) is 2.80. The third kappa shape index (κ3) is 10.1. The summed E-state index contributed by atoms with van der Waals surface area (Å²) >= 11 is 0. The number of aliphatic hydroxyl groups excluding tert-OH is 1. The third-order valence-electron chi connectivity index (χ3n) is 2.94. The van der Waals surface area contributed by atoms with Crippen molar-refractivity contribution < 1.29 is 55.9 Å². The van der Waals surface area contributed by atoms with E-state index in [9.17, 15) is 33.5 Å². The van der Waals surface area contributed by atoms with Gasteiger partial charge >= 0.3 is 23.5 Å². The number of ether oxygens (including phenoxy) is 1. The summed E-state index contributed by atoms with van der Waals surface area (Å²) < 4.78 is 56.6. The van der Waals surface area contributed by atoms with Crippen LogP contribution in [-0.2, 0) is 36.1 Å². The van der Waals surface area contributed by atoms with Crippen molar-refractivity contribution in [1.82, 2.24) is 0 Å². The van der Waals surface area contributed by atoms with Gasteiger partial charge in [-0.25, -0.2) is 13.7 Å². The lowest BCUT2D eigenvalue weighted by Crippen LogP contribution is -2.26. The summed E-state index contributed by atoms with van der Waals surface area (Å²) in [5, 5.41) is 12.7. The fourth-order valence-corrected chi connectivity index (χ4v) is 5.48. The summed E-state index contributed by atoms with van der Waals surface area (Å²) in [7, 11) is -15.9. The molecule has 0 spiro atoms. The second-order valence-electron chi connectivity index (χ2n) is 5.29. The second-order valence-corrected chi connectivity index (χ2v) is 9.93. The minimum absolute atomic E-state index is 0.00169. The molecule has 1 saturated heterocycles. The molecule has 4 N–H and O–H groups in total. The molecule has 0 aromatic rings. The van der Waals surface area contributed by atoms with Crippen LogP contribution in [0.25, 0.3) is 10.4 Å². The quantitative estimate of drug-likeness (QED) is 0.108. The SMILES string of the molecule is C[C@H]1CC(O)[C@@H](COP(=O)(O)OP(=O)(O)OP(=O)(O)OCCCN=[N+]=[N-])O1. The van der Waals surface area contributed by atoms with Gasteiger partial charge in [0, 0.05) is 17.9 Å². The van der Waals surface area contributed by atoms with Crippen molar-refractivity contribution >= 4 is 23.5 Å². The largest absolute Gasteiger partial charge is 0.490 e. The molecule has 158 valence electrons. The minimum atomic E-state index is -5.55. The highest BCUT2D eigenvalue weighted by Gasteiger charge is 2.43. The Morgan fingerprint density at radius 2 is 1.74 bits per heavy atom. The molecule has 0 radical (unpaired) electrons. The fourth-order valence-electron chi connectivity index (χ4n) is 1.94. The molecule has 1 aliphatic rings. The Morgan fingerprint density at radius 1 is 1.15 bits per heavy atom. The van der Waals surface area contributed by atoms with E-state index in [1.54, 1.807) is 6.92 Å². The van der Waals surface area contributed by atoms with Crippen LogP contribution in [0.4, 0.5) is 0 Å². The van der Waals surface area contributed by atoms with Crippen LogP contribution >= 0.6 is 23.5 Å². The van der Waals surface area contributed by atoms with E-state index in [1.807, 2.05) is 0 Å². The van der Waals surface area contributed by atoms with Gasteiger partial charge < -0.3 is 24.5 Å². The predicted octanol–water partition coefficient (Wildman–Crippen LogP) is 1.59. The highest BCUT2D eigenvalue weighted by atomic mass is 31.3. The van der Waals surface area contributed by atoms with Crippen LogP contribution in [-0.4, -0.2) is 57.9 Å². The average molecular weight is 455 g/mol. The molecule has 0 aromatic heterocycles. The summed E-state index contributed by atoms with van der Waals surface area (Å²) in [6.45, 7) is 0.456. The summed E-state index contributed by atoms with van der Waals surface area (Å²) in [6.07, 6.45) is -2.01. The van der Waals surface area contributed by atoms with Crippen LogP contribution in [0.5, 0.6) is 0 Å². The lowest BCUT2D eigenvalue weighted by atomic mass is 10.1. The second kappa shape index (κ2) is 10.4. The summed E-state index contributed by atoms with van der Waals surface area (Å²) in [6, 6.07) is 0. The Bertz CT molecular complexity index is 684. The number of hydrogen-bond donors (Lipinski definition) is 4. The van der Waals surface area contributed by atoms with E-state index in [2.05, 4.69) is 27.7 Å². The Kier molecular flexibility index (Phi) is 9.53. The molecular formula is C9H20N3O12P3. The number of phosphoric acid groups is 3. The van der Waals surface area contributed by atoms with Crippen molar-refractivity contribution in [1.29, 1.82) is 0 Å². The van der Waals surface area contributed by atoms with Crippen molar-refractivity contribution in [3.8, 4) is 0 Å². The maximum Gasteiger partial charge on any atom is 0.490 e. The normalized spacial score (nSPS) is 29.3. The van der Waals surface area contributed by atoms with Gasteiger partial charge in [0.05, 0.1) is 25.4 Å². The van der Waals surface area contributed by atoms with Crippen molar-refractivity contribution in [2.45, 2.75) is 38.1 Å². The van der Waals surface area contributed by atoms with Gasteiger partial charge in [0.15, 0.2) is 0 Å². The van der Waals surface area contributed by atoms with E-state index in [4.69, 9.17) is 10.3 Å². The summed E-state index contributed by atoms with van der Waals surface area (Å²) in [5.41, 5.74) is 8.05. The van der Waals surface area contributed by atoms with Gasteiger partial charge in [-0.05, 0) is 18.9 Å². The van der Waals surface area contributed by atoms with E-state index in [0.717, 1.165) is 0 Å². The van der Waals surface area contributed by atoms with Crippen LogP contribution in [0.15, 0.2) is 5.11 Å². The van der Waals surface area contributed by atoms with Gasteiger partial charge in [-0.1, -0.05) is 5.11 Å². The zero-order valence-corrected chi connectivity index (χ0v) is 16.7. The lowest BCUT2D eigenvalue weighted by Gasteiger charge is -2.20. The molecule has 0 saturated carbocycles. The van der Waals surface area contributed by atoms with E-state index >= 15 is 0 Å². The van der Waals surface area contributed by atoms with Crippen molar-refractivity contribution in [3.63, 3.8) is 0 Å². The highest BCUT2D eigenvalue weighted by molar-refractivity contribution is 7.66. The molecule has 1 aliphatic heterocycles. The molecule has 27 heavy (non-hydrogen) atoms. The first-order valence-corrected chi connectivity index (χ1v) is 11.9. The van der Waals surface area contributed by atoms with E-state index in [1.165, 1.54) is 0 Å². The smallest absolute Gasteiger partial charge is 0.390 e. The molecule has 1 fully saturated rings. The number of hydrogen-bond acceptors (Lipinski definition) is 10. The van der Waals surface area contributed by atoms with Gasteiger partial charge in [-0.3, -0.25) is 9.05 Å². The predicted molar refractivity (Wildman–Crippen MR) is 87.1 cm³/mol. The molecule has 0 bridgehead atoms. The van der Waals surface area contributed by atoms with Gasteiger partial charge in [-0.15, -0.1) is 0 Å². The zero-order chi connectivity index (χ0) is 20.7. The standard InChI is InChI=1S/C9H20N3O12P3/c1-7-5-8(13)9(22-7)6-21-26(16,17)24-27(18,19)23-25(14,15)20-4-2-3-11-12-10/h7-9,13H,2-6H2,1H3,(H,14,15)(H,16,17)(H,18,19)/t7-,8?,9+/m0/s1. The molecule has 0 aliphatic carbocycles. The Morgan fingerprint density at radius 3 is 2.26 bits per heavy atom. The zero-order valence-electron chi connectivity index (χ0n) is 14.0. The van der Waals surface area contributed by atoms with E-state index < -0.39 is 48.9 Å². The first-order valence-electron chi connectivity index (χ1n) is 7.40. The molecule has 1 heterocycles. The van der Waals surface area contributed by atoms with Gasteiger partial charge in [-0.2, -0.15) is 8.62 Å². The van der Waals surface area contributed by atoms with Crippen LogP contribution < -0.4 is 0 Å². The van der Waals surface area contributed by atoms with Crippen molar-refractivity contribution in [2.24, 2.45) is 5.11 Å². The molecule has 0 amide bonds. The Balaban J connectivity index is 2.50. The first-order chi connectivity index (χ1) is 12.4. The Labute approximate surface area is 153 Å². The number of aliphatic hydroxyl groups is 1. The van der Waals surface area contributed by atoms with Crippen molar-refractivity contribution in [3.05, 3.63) is 10.4 Å². The molecule has 1 rings (SSSR count). The van der Waals surface area contributed by atoms with Crippen LogP contribution in [0.3, 0.4) is 0 Å². The maximum atomic E-state index is 11.7. The van der Waals surface area contributed by atoms with Crippen LogP contribution in [0.1, 0.15) is 19.8 Å². The molecule has 15 nitrogen and oxygen atoms in total. The molecular weight excluding hydrogens is 435 g/mol. The number of azide groups is 1.